The Hall–Kier alpha value is -2.44. The number of pyridine rings is 1. The number of benzene rings is 1. The van der Waals surface area contributed by atoms with E-state index in [4.69, 9.17) is 15.2 Å². The summed E-state index contributed by atoms with van der Waals surface area (Å²) in [7, 11) is 0. The van der Waals surface area contributed by atoms with E-state index in [2.05, 4.69) is 10.3 Å². The molecule has 120 valence electrons. The lowest BCUT2D eigenvalue weighted by atomic mass is 10.1. The number of ether oxygens (including phenoxy) is 2. The molecule has 2 aromatic rings. The van der Waals surface area contributed by atoms with Crippen molar-refractivity contribution in [1.82, 2.24) is 10.3 Å². The van der Waals surface area contributed by atoms with E-state index in [1.165, 1.54) is 0 Å². The maximum absolute atomic E-state index is 12.2. The lowest BCUT2D eigenvalue weighted by Crippen LogP contribution is -2.48. The van der Waals surface area contributed by atoms with Gasteiger partial charge in [0.05, 0.1) is 19.3 Å². The Morgan fingerprint density at radius 3 is 2.91 bits per heavy atom. The normalized spacial score (nSPS) is 14.2. The Morgan fingerprint density at radius 1 is 1.39 bits per heavy atom. The van der Waals surface area contributed by atoms with Crippen molar-refractivity contribution < 1.29 is 14.3 Å². The van der Waals surface area contributed by atoms with E-state index < -0.39 is 0 Å². The Kier molecular flexibility index (Phi) is 4.55. The van der Waals surface area contributed by atoms with Crippen LogP contribution in [0, 0.1) is 6.92 Å². The molecule has 1 aliphatic heterocycles. The van der Waals surface area contributed by atoms with Crippen molar-refractivity contribution in [2.45, 2.75) is 19.5 Å². The van der Waals surface area contributed by atoms with E-state index in [0.29, 0.717) is 37.0 Å². The quantitative estimate of drug-likeness (QED) is 0.878. The summed E-state index contributed by atoms with van der Waals surface area (Å²) in [6.07, 6.45) is 0. The summed E-state index contributed by atoms with van der Waals surface area (Å²) in [6.45, 7) is 3.44. The van der Waals surface area contributed by atoms with Gasteiger partial charge in [-0.25, -0.2) is 4.98 Å². The van der Waals surface area contributed by atoms with Gasteiger partial charge in [-0.15, -0.1) is 0 Å². The van der Waals surface area contributed by atoms with Crippen molar-refractivity contribution in [3.63, 3.8) is 0 Å². The molecule has 23 heavy (non-hydrogen) atoms. The van der Waals surface area contributed by atoms with Crippen molar-refractivity contribution in [1.29, 1.82) is 0 Å². The van der Waals surface area contributed by atoms with Crippen molar-refractivity contribution in [3.8, 4) is 11.6 Å². The molecule has 6 nitrogen and oxygen atoms in total. The summed E-state index contributed by atoms with van der Waals surface area (Å²) in [6, 6.07) is 10.8. The highest BCUT2D eigenvalue weighted by atomic mass is 16.5. The minimum Gasteiger partial charge on any atom is -0.439 e. The molecule has 1 saturated heterocycles. The van der Waals surface area contributed by atoms with Gasteiger partial charge in [-0.2, -0.15) is 0 Å². The van der Waals surface area contributed by atoms with Gasteiger partial charge in [-0.3, -0.25) is 4.79 Å². The largest absolute Gasteiger partial charge is 0.439 e. The molecule has 0 atom stereocenters. The number of nitrogens with two attached hydrogens (primary N) is 1. The fourth-order valence-electron chi connectivity index (χ4n) is 2.29. The summed E-state index contributed by atoms with van der Waals surface area (Å²) in [5.74, 6) is 0.891. The number of nitrogens with one attached hydrogen (secondary N) is 1. The highest BCUT2D eigenvalue weighted by Crippen LogP contribution is 2.22. The van der Waals surface area contributed by atoms with Crippen LogP contribution < -0.4 is 15.8 Å². The van der Waals surface area contributed by atoms with E-state index in [1.54, 1.807) is 30.3 Å². The average molecular weight is 313 g/mol. The summed E-state index contributed by atoms with van der Waals surface area (Å²) < 4.78 is 10.8. The highest BCUT2D eigenvalue weighted by molar-refractivity contribution is 5.94. The third-order valence-corrected chi connectivity index (χ3v) is 3.52. The van der Waals surface area contributed by atoms with Crippen LogP contribution in [0.25, 0.3) is 0 Å². The first-order chi connectivity index (χ1) is 11.1. The van der Waals surface area contributed by atoms with Gasteiger partial charge in [0.25, 0.3) is 5.91 Å². The fraction of sp³-hybridized carbons (Fsp3) is 0.294. The number of aromatic nitrogens is 1. The predicted octanol–water partition coefficient (Wildman–Crippen LogP) is 1.77. The summed E-state index contributed by atoms with van der Waals surface area (Å²) in [5.41, 5.74) is 7.99. The average Bonchev–Trinajstić information content (AvgIpc) is 2.50. The number of rotatable bonds is 5. The Balaban J connectivity index is 1.74. The number of nitrogens with zero attached hydrogens (tertiary/aromatic N) is 1. The summed E-state index contributed by atoms with van der Waals surface area (Å²) >= 11 is 0. The molecule has 3 N–H and O–H groups in total. The van der Waals surface area contributed by atoms with Gasteiger partial charge >= 0.3 is 0 Å². The molecule has 6 heteroatoms. The number of amides is 1. The Labute approximate surface area is 134 Å². The smallest absolute Gasteiger partial charge is 0.251 e. The molecule has 3 rings (SSSR count). The van der Waals surface area contributed by atoms with Gasteiger partial charge in [-0.1, -0.05) is 6.07 Å². The van der Waals surface area contributed by atoms with Gasteiger partial charge in [0.15, 0.2) is 0 Å². The van der Waals surface area contributed by atoms with Gasteiger partial charge < -0.3 is 20.5 Å². The van der Waals surface area contributed by atoms with Crippen LogP contribution in [0.5, 0.6) is 11.6 Å². The summed E-state index contributed by atoms with van der Waals surface area (Å²) in [4.78, 5) is 16.5. The zero-order chi connectivity index (χ0) is 16.2. The van der Waals surface area contributed by atoms with Crippen LogP contribution in [0.4, 0.5) is 0 Å². The fourth-order valence-corrected chi connectivity index (χ4v) is 2.29. The van der Waals surface area contributed by atoms with Gasteiger partial charge in [0, 0.05) is 23.9 Å². The number of aryl methyl sites for hydroxylation is 1. The SMILES string of the molecule is Cc1cc(CN)cc(Oc2cccc(C(=O)NC3COC3)c2)n1. The zero-order valence-electron chi connectivity index (χ0n) is 12.9. The minimum atomic E-state index is -0.136. The van der Waals surface area contributed by atoms with Crippen molar-refractivity contribution in [2.75, 3.05) is 13.2 Å². The van der Waals surface area contributed by atoms with Crippen LogP contribution in [0.3, 0.4) is 0 Å². The lowest BCUT2D eigenvalue weighted by Gasteiger charge is -2.26. The number of hydrogen-bond donors (Lipinski definition) is 2. The standard InChI is InChI=1S/C17H19N3O3/c1-11-5-12(8-18)6-16(19-11)23-15-4-2-3-13(7-15)17(21)20-14-9-22-10-14/h2-7,14H,8-10,18H2,1H3,(H,20,21). The van der Waals surface area contributed by atoms with Crippen LogP contribution in [0.15, 0.2) is 36.4 Å². The predicted molar refractivity (Wildman–Crippen MR) is 85.5 cm³/mol. The molecule has 2 heterocycles. The second-order valence-corrected chi connectivity index (χ2v) is 5.50. The molecule has 0 bridgehead atoms. The van der Waals surface area contributed by atoms with E-state index in [0.717, 1.165) is 11.3 Å². The Bertz CT molecular complexity index is 714. The molecule has 1 aliphatic rings. The number of hydrogen-bond acceptors (Lipinski definition) is 5. The molecule has 1 fully saturated rings. The maximum atomic E-state index is 12.2. The second-order valence-electron chi connectivity index (χ2n) is 5.50. The minimum absolute atomic E-state index is 0.0950. The first kappa shape index (κ1) is 15.5. The van der Waals surface area contributed by atoms with Crippen LogP contribution >= 0.6 is 0 Å². The third kappa shape index (κ3) is 3.85. The van der Waals surface area contributed by atoms with E-state index in [-0.39, 0.29) is 11.9 Å². The van der Waals surface area contributed by atoms with Crippen molar-refractivity contribution in [2.24, 2.45) is 5.73 Å². The zero-order valence-corrected chi connectivity index (χ0v) is 12.9. The first-order valence-corrected chi connectivity index (χ1v) is 7.48. The topological polar surface area (TPSA) is 86.5 Å². The van der Waals surface area contributed by atoms with E-state index in [9.17, 15) is 4.79 Å². The monoisotopic (exact) mass is 313 g/mol. The van der Waals surface area contributed by atoms with E-state index in [1.807, 2.05) is 13.0 Å². The van der Waals surface area contributed by atoms with Crippen LogP contribution in [-0.2, 0) is 11.3 Å². The molecule has 0 aliphatic carbocycles. The molecular formula is C17H19N3O3. The first-order valence-electron chi connectivity index (χ1n) is 7.48. The molecule has 0 radical (unpaired) electrons. The summed E-state index contributed by atoms with van der Waals surface area (Å²) in [5, 5.41) is 2.90. The van der Waals surface area contributed by atoms with Crippen LogP contribution in [0.1, 0.15) is 21.6 Å². The van der Waals surface area contributed by atoms with Crippen LogP contribution in [0.2, 0.25) is 0 Å². The van der Waals surface area contributed by atoms with Crippen molar-refractivity contribution >= 4 is 5.91 Å². The molecule has 1 amide bonds. The number of carbonyl (C=O) groups excluding carboxylic acids is 1. The molecule has 1 aromatic carbocycles. The number of carbonyl (C=O) groups is 1. The third-order valence-electron chi connectivity index (χ3n) is 3.52. The lowest BCUT2D eigenvalue weighted by molar-refractivity contribution is -0.00346. The molecule has 0 spiro atoms. The molecule has 1 aromatic heterocycles. The second kappa shape index (κ2) is 6.76. The van der Waals surface area contributed by atoms with Gasteiger partial charge in [-0.05, 0) is 36.8 Å². The van der Waals surface area contributed by atoms with Crippen LogP contribution in [-0.4, -0.2) is 30.1 Å². The van der Waals surface area contributed by atoms with Crippen molar-refractivity contribution in [3.05, 3.63) is 53.2 Å². The van der Waals surface area contributed by atoms with Gasteiger partial charge in [0.1, 0.15) is 5.75 Å². The van der Waals surface area contributed by atoms with Gasteiger partial charge in [0.2, 0.25) is 5.88 Å². The Morgan fingerprint density at radius 2 is 2.22 bits per heavy atom. The molecular weight excluding hydrogens is 294 g/mol. The molecule has 0 unspecified atom stereocenters. The van der Waals surface area contributed by atoms with E-state index >= 15 is 0 Å². The molecule has 0 saturated carbocycles. The maximum Gasteiger partial charge on any atom is 0.251 e. The highest BCUT2D eigenvalue weighted by Gasteiger charge is 2.21.